The van der Waals surface area contributed by atoms with Crippen LogP contribution < -0.4 is 15.5 Å². The average molecular weight is 333 g/mol. The maximum absolute atomic E-state index is 11.9. The molecule has 0 radical (unpaired) electrons. The molecule has 1 aliphatic rings. The lowest BCUT2D eigenvalue weighted by atomic mass is 10.0. The Morgan fingerprint density at radius 1 is 1.17 bits per heavy atom. The third kappa shape index (κ3) is 5.71. The van der Waals surface area contributed by atoms with Crippen molar-refractivity contribution < 1.29 is 9.90 Å². The van der Waals surface area contributed by atoms with Crippen molar-refractivity contribution in [1.82, 2.24) is 10.6 Å². The van der Waals surface area contributed by atoms with Gasteiger partial charge in [-0.2, -0.15) is 0 Å². The Morgan fingerprint density at radius 3 is 2.58 bits per heavy atom. The molecule has 24 heavy (non-hydrogen) atoms. The van der Waals surface area contributed by atoms with Gasteiger partial charge in [0, 0.05) is 31.9 Å². The van der Waals surface area contributed by atoms with Crippen LogP contribution in [-0.4, -0.2) is 36.9 Å². The normalized spacial score (nSPS) is 16.1. The minimum Gasteiger partial charge on any atom is -0.393 e. The molecule has 1 heterocycles. The summed E-state index contributed by atoms with van der Waals surface area (Å²) in [5.74, 6) is 0.214. The highest BCUT2D eigenvalue weighted by Crippen LogP contribution is 2.23. The highest BCUT2D eigenvalue weighted by atomic mass is 16.3. The number of anilines is 1. The van der Waals surface area contributed by atoms with E-state index in [0.717, 1.165) is 18.7 Å². The largest absolute Gasteiger partial charge is 0.393 e. The predicted octanol–water partition coefficient (Wildman–Crippen LogP) is 2.88. The fraction of sp³-hybridized carbons (Fsp3) is 0.632. The molecule has 5 heteroatoms. The van der Waals surface area contributed by atoms with E-state index in [9.17, 15) is 9.90 Å². The fourth-order valence-corrected chi connectivity index (χ4v) is 3.01. The third-order valence-electron chi connectivity index (χ3n) is 4.62. The summed E-state index contributed by atoms with van der Waals surface area (Å²) in [4.78, 5) is 14.4. The van der Waals surface area contributed by atoms with Crippen molar-refractivity contribution in [2.75, 3.05) is 24.5 Å². The van der Waals surface area contributed by atoms with Gasteiger partial charge in [0.2, 0.25) is 0 Å². The van der Waals surface area contributed by atoms with Gasteiger partial charge < -0.3 is 20.6 Å². The van der Waals surface area contributed by atoms with Gasteiger partial charge in [-0.1, -0.05) is 32.0 Å². The van der Waals surface area contributed by atoms with Crippen molar-refractivity contribution in [2.45, 2.75) is 52.2 Å². The van der Waals surface area contributed by atoms with Crippen molar-refractivity contribution in [3.8, 4) is 0 Å². The Labute approximate surface area is 145 Å². The summed E-state index contributed by atoms with van der Waals surface area (Å²) in [6.45, 7) is 7.14. The molecule has 0 bridgehead atoms. The number of carbonyl (C=O) groups excluding carboxylic acids is 1. The van der Waals surface area contributed by atoms with Crippen LogP contribution in [0, 0.1) is 5.92 Å². The van der Waals surface area contributed by atoms with E-state index in [1.165, 1.54) is 24.9 Å². The van der Waals surface area contributed by atoms with E-state index in [1.54, 1.807) is 0 Å². The molecule has 0 spiro atoms. The lowest BCUT2D eigenvalue weighted by molar-refractivity contribution is 0.116. The van der Waals surface area contributed by atoms with Crippen LogP contribution in [0.2, 0.25) is 0 Å². The van der Waals surface area contributed by atoms with E-state index in [0.29, 0.717) is 19.5 Å². The molecule has 2 amide bonds. The SMILES string of the molecule is CC(C)C(O)CCNC(=O)NCc1ccccc1N1CCCCC1. The summed E-state index contributed by atoms with van der Waals surface area (Å²) in [5, 5.41) is 15.5. The Hall–Kier alpha value is -1.75. The lowest BCUT2D eigenvalue weighted by Gasteiger charge is -2.30. The van der Waals surface area contributed by atoms with Crippen LogP contribution in [0.4, 0.5) is 10.5 Å². The van der Waals surface area contributed by atoms with Crippen LogP contribution >= 0.6 is 0 Å². The number of aliphatic hydroxyl groups is 1. The van der Waals surface area contributed by atoms with Gasteiger partial charge in [-0.25, -0.2) is 4.79 Å². The first-order valence-corrected chi connectivity index (χ1v) is 9.10. The number of rotatable bonds is 7. The van der Waals surface area contributed by atoms with E-state index in [4.69, 9.17) is 0 Å². The van der Waals surface area contributed by atoms with Crippen molar-refractivity contribution in [3.63, 3.8) is 0 Å². The van der Waals surface area contributed by atoms with Crippen molar-refractivity contribution >= 4 is 11.7 Å². The van der Waals surface area contributed by atoms with Gasteiger partial charge in [0.05, 0.1) is 6.10 Å². The fourth-order valence-electron chi connectivity index (χ4n) is 3.01. The van der Waals surface area contributed by atoms with Crippen molar-refractivity contribution in [3.05, 3.63) is 29.8 Å². The minimum absolute atomic E-state index is 0.181. The molecular weight excluding hydrogens is 302 g/mol. The van der Waals surface area contributed by atoms with Gasteiger partial charge in [0.1, 0.15) is 0 Å². The third-order valence-corrected chi connectivity index (χ3v) is 4.62. The number of benzene rings is 1. The molecule has 1 atom stereocenters. The monoisotopic (exact) mass is 333 g/mol. The molecule has 3 N–H and O–H groups in total. The van der Waals surface area contributed by atoms with Crippen LogP contribution in [0.5, 0.6) is 0 Å². The summed E-state index contributed by atoms with van der Waals surface area (Å²) >= 11 is 0. The van der Waals surface area contributed by atoms with Gasteiger partial charge in [-0.05, 0) is 43.2 Å². The predicted molar refractivity (Wildman–Crippen MR) is 98.2 cm³/mol. The highest BCUT2D eigenvalue weighted by Gasteiger charge is 2.14. The number of para-hydroxylation sites is 1. The molecular formula is C19H31N3O2. The summed E-state index contributed by atoms with van der Waals surface area (Å²) in [5.41, 5.74) is 2.38. The lowest BCUT2D eigenvalue weighted by Crippen LogP contribution is -2.37. The Morgan fingerprint density at radius 2 is 1.88 bits per heavy atom. The van der Waals surface area contributed by atoms with E-state index in [1.807, 2.05) is 19.9 Å². The number of urea groups is 1. The number of amides is 2. The molecule has 2 rings (SSSR count). The number of hydrogen-bond acceptors (Lipinski definition) is 3. The number of hydrogen-bond donors (Lipinski definition) is 3. The molecule has 1 aliphatic heterocycles. The zero-order valence-corrected chi connectivity index (χ0v) is 14.9. The molecule has 0 aromatic heterocycles. The second-order valence-electron chi connectivity index (χ2n) is 6.89. The quantitative estimate of drug-likeness (QED) is 0.719. The molecule has 0 saturated carbocycles. The van der Waals surface area contributed by atoms with E-state index in [-0.39, 0.29) is 18.1 Å². The number of piperidine rings is 1. The van der Waals surface area contributed by atoms with Gasteiger partial charge >= 0.3 is 6.03 Å². The molecule has 134 valence electrons. The molecule has 5 nitrogen and oxygen atoms in total. The van der Waals surface area contributed by atoms with Crippen LogP contribution in [0.15, 0.2) is 24.3 Å². The first-order chi connectivity index (χ1) is 11.6. The van der Waals surface area contributed by atoms with Crippen LogP contribution in [0.25, 0.3) is 0 Å². The van der Waals surface area contributed by atoms with E-state index >= 15 is 0 Å². The van der Waals surface area contributed by atoms with Gasteiger partial charge in [-0.3, -0.25) is 0 Å². The minimum atomic E-state index is -0.370. The summed E-state index contributed by atoms with van der Waals surface area (Å²) in [6, 6.07) is 8.10. The Bertz CT molecular complexity index is 513. The molecule has 1 aromatic rings. The number of carbonyl (C=O) groups is 1. The summed E-state index contributed by atoms with van der Waals surface area (Å²) in [7, 11) is 0. The van der Waals surface area contributed by atoms with Crippen LogP contribution in [0.3, 0.4) is 0 Å². The Balaban J connectivity index is 1.80. The summed E-state index contributed by atoms with van der Waals surface area (Å²) < 4.78 is 0. The smallest absolute Gasteiger partial charge is 0.315 e. The molecule has 0 aliphatic carbocycles. The number of aliphatic hydroxyl groups excluding tert-OH is 1. The van der Waals surface area contributed by atoms with Crippen LogP contribution in [-0.2, 0) is 6.54 Å². The average Bonchev–Trinajstić information content (AvgIpc) is 2.60. The second-order valence-corrected chi connectivity index (χ2v) is 6.89. The van der Waals surface area contributed by atoms with Gasteiger partial charge in [-0.15, -0.1) is 0 Å². The van der Waals surface area contributed by atoms with Gasteiger partial charge in [0.25, 0.3) is 0 Å². The topological polar surface area (TPSA) is 64.6 Å². The summed E-state index contributed by atoms with van der Waals surface area (Å²) in [6.07, 6.45) is 3.99. The Kier molecular flexibility index (Phi) is 7.37. The maximum atomic E-state index is 11.9. The molecule has 1 fully saturated rings. The molecule has 1 saturated heterocycles. The maximum Gasteiger partial charge on any atom is 0.315 e. The van der Waals surface area contributed by atoms with E-state index < -0.39 is 0 Å². The zero-order valence-electron chi connectivity index (χ0n) is 14.9. The first kappa shape index (κ1) is 18.6. The molecule has 1 unspecified atom stereocenters. The van der Waals surface area contributed by atoms with Crippen molar-refractivity contribution in [2.24, 2.45) is 5.92 Å². The molecule has 1 aromatic carbocycles. The second kappa shape index (κ2) is 9.52. The highest BCUT2D eigenvalue weighted by molar-refractivity contribution is 5.74. The van der Waals surface area contributed by atoms with Crippen molar-refractivity contribution in [1.29, 1.82) is 0 Å². The van der Waals surface area contributed by atoms with E-state index in [2.05, 4.69) is 33.7 Å². The first-order valence-electron chi connectivity index (χ1n) is 9.10. The zero-order chi connectivity index (χ0) is 17.4. The number of nitrogens with one attached hydrogen (secondary N) is 2. The number of nitrogens with zero attached hydrogens (tertiary/aromatic N) is 1. The van der Waals surface area contributed by atoms with Gasteiger partial charge in [0.15, 0.2) is 0 Å². The van der Waals surface area contributed by atoms with Crippen LogP contribution in [0.1, 0.15) is 45.1 Å². The standard InChI is InChI=1S/C19H31N3O2/c1-15(2)18(23)10-11-20-19(24)21-14-16-8-4-5-9-17(16)22-12-6-3-7-13-22/h4-5,8-9,15,18,23H,3,6-7,10-14H2,1-2H3,(H2,20,21,24).